The van der Waals surface area contributed by atoms with Crippen molar-refractivity contribution in [1.82, 2.24) is 5.32 Å². The fourth-order valence-electron chi connectivity index (χ4n) is 0.591. The topological polar surface area (TPSA) is 21.3 Å². The second-order valence-corrected chi connectivity index (χ2v) is 2.10. The van der Waals surface area contributed by atoms with Gasteiger partial charge in [-0.15, -0.1) is 0 Å². The first kappa shape index (κ1) is 9.78. The molecule has 0 aromatic rings. The van der Waals surface area contributed by atoms with Crippen LogP contribution >= 0.6 is 0 Å². The molecular weight excluding hydrogens is 140 g/mol. The molecule has 0 saturated carbocycles. The smallest absolute Gasteiger partial charge is 0.320 e. The van der Waals surface area contributed by atoms with Crippen molar-refractivity contribution in [1.29, 1.82) is 0 Å². The van der Waals surface area contributed by atoms with Crippen LogP contribution in [0.5, 0.6) is 0 Å². The quantitative estimate of drug-likeness (QED) is 0.641. The highest BCUT2D eigenvalue weighted by atomic mass is 19.3. The maximum atomic E-state index is 11.5. The Labute approximate surface area is 59.6 Å². The first-order chi connectivity index (χ1) is 4.66. The molecule has 0 heterocycles. The predicted molar refractivity (Wildman–Crippen MR) is 35.1 cm³/mol. The molecule has 10 heavy (non-hydrogen) atoms. The van der Waals surface area contributed by atoms with Gasteiger partial charge in [-0.25, -0.2) is 0 Å². The molecule has 4 heteroatoms. The first-order valence-electron chi connectivity index (χ1n) is 3.25. The van der Waals surface area contributed by atoms with Gasteiger partial charge in [-0.3, -0.25) is 0 Å². The van der Waals surface area contributed by atoms with Crippen LogP contribution in [0.25, 0.3) is 0 Å². The van der Waals surface area contributed by atoms with Gasteiger partial charge >= 0.3 is 6.61 Å². The molecule has 1 atom stereocenters. The molecule has 0 amide bonds. The second-order valence-electron chi connectivity index (χ2n) is 2.10. The van der Waals surface area contributed by atoms with Crippen LogP contribution in [0, 0.1) is 0 Å². The third-order valence-corrected chi connectivity index (χ3v) is 1.14. The third-order valence-electron chi connectivity index (χ3n) is 1.14. The first-order valence-corrected chi connectivity index (χ1v) is 3.25. The maximum Gasteiger partial charge on any atom is 0.345 e. The Morgan fingerprint density at radius 2 is 2.10 bits per heavy atom. The summed E-state index contributed by atoms with van der Waals surface area (Å²) in [4.78, 5) is 0. The van der Waals surface area contributed by atoms with Crippen LogP contribution in [0.2, 0.25) is 0 Å². The number of alkyl halides is 2. The van der Waals surface area contributed by atoms with Gasteiger partial charge in [0.1, 0.15) is 0 Å². The summed E-state index contributed by atoms with van der Waals surface area (Å²) in [5, 5.41) is 2.85. The lowest BCUT2D eigenvalue weighted by atomic mass is 10.3. The molecule has 1 N–H and O–H groups in total. The lowest BCUT2D eigenvalue weighted by Crippen LogP contribution is -2.19. The average Bonchev–Trinajstić information content (AvgIpc) is 1.82. The van der Waals surface area contributed by atoms with E-state index < -0.39 is 6.61 Å². The summed E-state index contributed by atoms with van der Waals surface area (Å²) in [7, 11) is 1.77. The van der Waals surface area contributed by atoms with E-state index in [0.717, 1.165) is 0 Å². The van der Waals surface area contributed by atoms with Crippen molar-refractivity contribution in [2.24, 2.45) is 0 Å². The summed E-state index contributed by atoms with van der Waals surface area (Å²) in [6.07, 6.45) is 0.244. The van der Waals surface area contributed by atoms with Crippen molar-refractivity contribution in [3.05, 3.63) is 0 Å². The SMILES string of the molecule is CNCCC(C)OC(F)F. The standard InChI is InChI=1S/C6H13F2NO/c1-5(3-4-9-2)10-6(7)8/h5-6,9H,3-4H2,1-2H3. The molecule has 0 rings (SSSR count). The summed E-state index contributed by atoms with van der Waals surface area (Å²) < 4.78 is 27.1. The minimum Gasteiger partial charge on any atom is -0.320 e. The van der Waals surface area contributed by atoms with Crippen LogP contribution in [0.1, 0.15) is 13.3 Å². The summed E-state index contributed by atoms with van der Waals surface area (Å²) in [6.45, 7) is -0.316. The van der Waals surface area contributed by atoms with Gasteiger partial charge in [-0.1, -0.05) is 0 Å². The highest BCUT2D eigenvalue weighted by Gasteiger charge is 2.07. The number of hydrogen-bond acceptors (Lipinski definition) is 2. The highest BCUT2D eigenvalue weighted by molar-refractivity contribution is 4.50. The molecule has 0 radical (unpaired) electrons. The van der Waals surface area contributed by atoms with Crippen LogP contribution in [0.4, 0.5) is 8.78 Å². The molecule has 0 aliphatic carbocycles. The van der Waals surface area contributed by atoms with E-state index in [9.17, 15) is 8.78 Å². The number of halogens is 2. The molecule has 0 bridgehead atoms. The van der Waals surface area contributed by atoms with Crippen molar-refractivity contribution in [3.8, 4) is 0 Å². The highest BCUT2D eigenvalue weighted by Crippen LogP contribution is 2.03. The minimum atomic E-state index is -2.65. The fraction of sp³-hybridized carbons (Fsp3) is 1.00. The Kier molecular flexibility index (Phi) is 5.43. The second kappa shape index (κ2) is 5.56. The van der Waals surface area contributed by atoms with Gasteiger partial charge in [0, 0.05) is 0 Å². The summed E-state index contributed by atoms with van der Waals surface area (Å²) >= 11 is 0. The van der Waals surface area contributed by atoms with Crippen molar-refractivity contribution in [2.75, 3.05) is 13.6 Å². The van der Waals surface area contributed by atoms with Crippen LogP contribution in [-0.4, -0.2) is 26.3 Å². The zero-order valence-electron chi connectivity index (χ0n) is 6.23. The van der Waals surface area contributed by atoms with E-state index in [0.29, 0.717) is 13.0 Å². The van der Waals surface area contributed by atoms with Gasteiger partial charge in [0.25, 0.3) is 0 Å². The number of rotatable bonds is 5. The van der Waals surface area contributed by atoms with E-state index >= 15 is 0 Å². The normalized spacial score (nSPS) is 14.1. The fourth-order valence-corrected chi connectivity index (χ4v) is 0.591. The van der Waals surface area contributed by atoms with Gasteiger partial charge in [0.15, 0.2) is 0 Å². The average molecular weight is 153 g/mol. The molecule has 0 spiro atoms. The van der Waals surface area contributed by atoms with Crippen molar-refractivity contribution in [3.63, 3.8) is 0 Å². The van der Waals surface area contributed by atoms with Crippen LogP contribution < -0.4 is 5.32 Å². The molecular formula is C6H13F2NO. The zero-order valence-corrected chi connectivity index (χ0v) is 6.23. The van der Waals surface area contributed by atoms with E-state index in [-0.39, 0.29) is 6.10 Å². The van der Waals surface area contributed by atoms with Crippen molar-refractivity contribution in [2.45, 2.75) is 26.1 Å². The van der Waals surface area contributed by atoms with Gasteiger partial charge in [0.2, 0.25) is 0 Å². The third kappa shape index (κ3) is 5.91. The lowest BCUT2D eigenvalue weighted by Gasteiger charge is -2.10. The molecule has 1 unspecified atom stereocenters. The molecule has 0 saturated heterocycles. The Morgan fingerprint density at radius 3 is 2.50 bits per heavy atom. The molecule has 62 valence electrons. The van der Waals surface area contributed by atoms with Crippen LogP contribution in [0.15, 0.2) is 0 Å². The molecule has 0 aromatic heterocycles. The van der Waals surface area contributed by atoms with Crippen LogP contribution in [-0.2, 0) is 4.74 Å². The molecule has 0 aliphatic heterocycles. The van der Waals surface area contributed by atoms with E-state index in [1.807, 2.05) is 0 Å². The monoisotopic (exact) mass is 153 g/mol. The summed E-state index contributed by atoms with van der Waals surface area (Å²) in [5.41, 5.74) is 0. The molecule has 0 aromatic carbocycles. The van der Waals surface area contributed by atoms with Crippen molar-refractivity contribution >= 4 is 0 Å². The van der Waals surface area contributed by atoms with E-state index in [4.69, 9.17) is 0 Å². The van der Waals surface area contributed by atoms with Gasteiger partial charge in [-0.05, 0) is 26.9 Å². The molecule has 2 nitrogen and oxygen atoms in total. The van der Waals surface area contributed by atoms with Crippen LogP contribution in [0.3, 0.4) is 0 Å². The van der Waals surface area contributed by atoms with Crippen molar-refractivity contribution < 1.29 is 13.5 Å². The van der Waals surface area contributed by atoms with E-state index in [2.05, 4.69) is 10.1 Å². The molecule has 0 fully saturated rings. The zero-order chi connectivity index (χ0) is 7.98. The number of hydrogen-bond donors (Lipinski definition) is 1. The van der Waals surface area contributed by atoms with Gasteiger partial charge in [-0.2, -0.15) is 8.78 Å². The summed E-state index contributed by atoms with van der Waals surface area (Å²) in [5.74, 6) is 0. The maximum absolute atomic E-state index is 11.5. The molecule has 0 aliphatic rings. The number of ether oxygens (including phenoxy) is 1. The Balaban J connectivity index is 3.16. The van der Waals surface area contributed by atoms with E-state index in [1.165, 1.54) is 0 Å². The Hall–Kier alpha value is -0.220. The lowest BCUT2D eigenvalue weighted by molar-refractivity contribution is -0.158. The number of nitrogens with one attached hydrogen (secondary N) is 1. The Bertz CT molecular complexity index is 80.1. The minimum absolute atomic E-state index is 0.368. The summed E-state index contributed by atoms with van der Waals surface area (Å²) in [6, 6.07) is 0. The Morgan fingerprint density at radius 1 is 1.50 bits per heavy atom. The van der Waals surface area contributed by atoms with Gasteiger partial charge in [0.05, 0.1) is 6.10 Å². The van der Waals surface area contributed by atoms with E-state index in [1.54, 1.807) is 14.0 Å². The van der Waals surface area contributed by atoms with Gasteiger partial charge < -0.3 is 10.1 Å². The predicted octanol–water partition coefficient (Wildman–Crippen LogP) is 1.22. The largest absolute Gasteiger partial charge is 0.345 e.